The van der Waals surface area contributed by atoms with Crippen molar-refractivity contribution in [2.75, 3.05) is 7.18 Å². The van der Waals surface area contributed by atoms with Gasteiger partial charge in [0.15, 0.2) is 0 Å². The number of hydrogen-bond acceptors (Lipinski definition) is 2. The standard InChI is InChI=1S/C15H8Cl2F2N2.CH3F/c1-7-4-9(18)12(10(19)5-7)13-14(16)8-2-3-20-6-11(8)21-15(13)17;1-2/h2-6H,1H3;1H3. The van der Waals surface area contributed by atoms with Crippen LogP contribution in [0.2, 0.25) is 10.2 Å². The number of aromatic nitrogens is 2. The van der Waals surface area contributed by atoms with Crippen molar-refractivity contribution in [1.82, 2.24) is 9.97 Å². The van der Waals surface area contributed by atoms with Crippen LogP contribution in [0, 0.1) is 18.6 Å². The van der Waals surface area contributed by atoms with E-state index in [9.17, 15) is 13.2 Å². The van der Waals surface area contributed by atoms with Gasteiger partial charge >= 0.3 is 0 Å². The Kier molecular flexibility index (Phi) is 5.44. The normalized spacial score (nSPS) is 10.4. The second-order valence-electron chi connectivity index (χ2n) is 4.59. The summed E-state index contributed by atoms with van der Waals surface area (Å²) in [6.07, 6.45) is 3.01. The van der Waals surface area contributed by atoms with E-state index < -0.39 is 11.6 Å². The zero-order chi connectivity index (χ0) is 17.1. The minimum Gasteiger partial charge on any atom is -0.262 e. The molecule has 23 heavy (non-hydrogen) atoms. The third kappa shape index (κ3) is 3.26. The molecule has 120 valence electrons. The maximum Gasteiger partial charge on any atom is 0.139 e. The first kappa shape index (κ1) is 17.5. The number of pyridine rings is 2. The van der Waals surface area contributed by atoms with Gasteiger partial charge in [0.2, 0.25) is 0 Å². The smallest absolute Gasteiger partial charge is 0.139 e. The highest BCUT2D eigenvalue weighted by molar-refractivity contribution is 6.42. The molecule has 0 saturated carbocycles. The highest BCUT2D eigenvalue weighted by Crippen LogP contribution is 2.40. The van der Waals surface area contributed by atoms with Gasteiger partial charge in [-0.15, -0.1) is 0 Å². The fourth-order valence-corrected chi connectivity index (χ4v) is 2.87. The highest BCUT2D eigenvalue weighted by atomic mass is 35.5. The lowest BCUT2D eigenvalue weighted by Crippen LogP contribution is -1.96. The van der Waals surface area contributed by atoms with Gasteiger partial charge in [-0.05, 0) is 30.7 Å². The van der Waals surface area contributed by atoms with Gasteiger partial charge in [0.25, 0.3) is 0 Å². The maximum atomic E-state index is 14.2. The first-order valence-corrected chi connectivity index (χ1v) is 7.17. The second-order valence-corrected chi connectivity index (χ2v) is 5.32. The van der Waals surface area contributed by atoms with Crippen LogP contribution in [0.4, 0.5) is 13.2 Å². The van der Waals surface area contributed by atoms with Crippen LogP contribution < -0.4 is 0 Å². The summed E-state index contributed by atoms with van der Waals surface area (Å²) in [7, 11) is 0.500. The van der Waals surface area contributed by atoms with E-state index in [1.54, 1.807) is 13.0 Å². The average Bonchev–Trinajstić information content (AvgIpc) is 2.51. The van der Waals surface area contributed by atoms with Gasteiger partial charge in [-0.3, -0.25) is 9.37 Å². The number of aryl methyl sites for hydroxylation is 1. The van der Waals surface area contributed by atoms with Crippen LogP contribution in [-0.2, 0) is 0 Å². The predicted octanol–water partition coefficient (Wildman–Crippen LogP) is 5.78. The van der Waals surface area contributed by atoms with Gasteiger partial charge in [0.05, 0.1) is 29.5 Å². The van der Waals surface area contributed by atoms with Crippen LogP contribution in [0.25, 0.3) is 22.0 Å². The molecule has 0 atom stereocenters. The molecule has 3 rings (SSSR count). The minimum atomic E-state index is -0.730. The Morgan fingerprint density at radius 2 is 1.61 bits per heavy atom. The summed E-state index contributed by atoms with van der Waals surface area (Å²) in [4.78, 5) is 8.02. The highest BCUT2D eigenvalue weighted by Gasteiger charge is 2.21. The molecular formula is C16H11Cl2F3N2. The number of halogens is 5. The zero-order valence-corrected chi connectivity index (χ0v) is 13.7. The minimum absolute atomic E-state index is 0.0482. The number of benzene rings is 1. The Morgan fingerprint density at radius 3 is 2.22 bits per heavy atom. The fraction of sp³-hybridized carbons (Fsp3) is 0.125. The summed E-state index contributed by atoms with van der Waals surface area (Å²) in [5.41, 5.74) is 0.706. The van der Waals surface area contributed by atoms with Crippen LogP contribution in [0.5, 0.6) is 0 Å². The average molecular weight is 359 g/mol. The van der Waals surface area contributed by atoms with Crippen molar-refractivity contribution in [2.45, 2.75) is 6.92 Å². The predicted molar refractivity (Wildman–Crippen MR) is 86.7 cm³/mol. The van der Waals surface area contributed by atoms with Gasteiger partial charge in [-0.2, -0.15) is 0 Å². The van der Waals surface area contributed by atoms with Crippen molar-refractivity contribution in [2.24, 2.45) is 0 Å². The van der Waals surface area contributed by atoms with E-state index in [-0.39, 0.29) is 21.3 Å². The summed E-state index contributed by atoms with van der Waals surface area (Å²) < 4.78 is 37.8. The van der Waals surface area contributed by atoms with E-state index in [1.807, 2.05) is 0 Å². The van der Waals surface area contributed by atoms with Crippen molar-refractivity contribution in [3.8, 4) is 11.1 Å². The maximum absolute atomic E-state index is 14.2. The number of alkyl halides is 1. The van der Waals surface area contributed by atoms with Crippen LogP contribution >= 0.6 is 23.2 Å². The lowest BCUT2D eigenvalue weighted by Gasteiger charge is -2.12. The summed E-state index contributed by atoms with van der Waals surface area (Å²) in [5, 5.41) is 0.613. The topological polar surface area (TPSA) is 25.8 Å². The Hall–Kier alpha value is -1.85. The van der Waals surface area contributed by atoms with Gasteiger partial charge in [0, 0.05) is 17.1 Å². The fourth-order valence-electron chi connectivity index (χ4n) is 2.20. The molecule has 0 spiro atoms. The third-order valence-corrected chi connectivity index (χ3v) is 3.78. The van der Waals surface area contributed by atoms with E-state index in [4.69, 9.17) is 23.2 Å². The molecule has 0 bridgehead atoms. The molecule has 1 aromatic carbocycles. The number of hydrogen-bond donors (Lipinski definition) is 0. The molecule has 7 heteroatoms. The molecule has 2 heterocycles. The summed E-state index contributed by atoms with van der Waals surface area (Å²) >= 11 is 12.3. The Labute approximate surface area is 140 Å². The van der Waals surface area contributed by atoms with Crippen molar-refractivity contribution in [3.63, 3.8) is 0 Å². The van der Waals surface area contributed by atoms with Crippen LogP contribution in [-0.4, -0.2) is 17.1 Å². The second kappa shape index (κ2) is 7.15. The Bertz CT molecular complexity index is 846. The van der Waals surface area contributed by atoms with E-state index >= 15 is 0 Å². The van der Waals surface area contributed by atoms with Crippen molar-refractivity contribution in [1.29, 1.82) is 0 Å². The van der Waals surface area contributed by atoms with Gasteiger partial charge in [-0.1, -0.05) is 23.2 Å². The van der Waals surface area contributed by atoms with Gasteiger partial charge in [-0.25, -0.2) is 13.8 Å². The van der Waals surface area contributed by atoms with E-state index in [0.717, 1.165) is 0 Å². The van der Waals surface area contributed by atoms with Gasteiger partial charge < -0.3 is 0 Å². The molecule has 0 aliphatic rings. The van der Waals surface area contributed by atoms with Crippen LogP contribution in [0.1, 0.15) is 5.56 Å². The Balaban J connectivity index is 0.000000924. The molecule has 0 aliphatic heterocycles. The van der Waals surface area contributed by atoms with Gasteiger partial charge in [0.1, 0.15) is 16.8 Å². The van der Waals surface area contributed by atoms with E-state index in [2.05, 4.69) is 9.97 Å². The molecule has 0 saturated heterocycles. The monoisotopic (exact) mass is 358 g/mol. The molecule has 2 aromatic heterocycles. The molecule has 0 amide bonds. The van der Waals surface area contributed by atoms with E-state index in [1.165, 1.54) is 24.5 Å². The molecule has 0 aliphatic carbocycles. The Morgan fingerprint density at radius 1 is 1.00 bits per heavy atom. The summed E-state index contributed by atoms with van der Waals surface area (Å²) in [5.74, 6) is -1.46. The largest absolute Gasteiger partial charge is 0.262 e. The zero-order valence-electron chi connectivity index (χ0n) is 12.2. The lowest BCUT2D eigenvalue weighted by atomic mass is 10.0. The van der Waals surface area contributed by atoms with Crippen LogP contribution in [0.3, 0.4) is 0 Å². The molecule has 0 unspecified atom stereocenters. The SMILES string of the molecule is CF.Cc1cc(F)c(-c2c(Cl)nc3cnccc3c2Cl)c(F)c1. The van der Waals surface area contributed by atoms with E-state index in [0.29, 0.717) is 23.6 Å². The molecule has 3 aromatic rings. The number of fused-ring (bicyclic) bond motifs is 1. The summed E-state index contributed by atoms with van der Waals surface area (Å²) in [6, 6.07) is 4.07. The quantitative estimate of drug-likeness (QED) is 0.515. The van der Waals surface area contributed by atoms with Crippen molar-refractivity contribution in [3.05, 3.63) is 58.0 Å². The lowest BCUT2D eigenvalue weighted by molar-refractivity contribution is 0.587. The first-order chi connectivity index (χ1) is 11.0. The number of rotatable bonds is 1. The summed E-state index contributed by atoms with van der Waals surface area (Å²) in [6.45, 7) is 1.60. The molecule has 2 nitrogen and oxygen atoms in total. The van der Waals surface area contributed by atoms with Crippen molar-refractivity contribution < 1.29 is 13.2 Å². The third-order valence-electron chi connectivity index (χ3n) is 3.12. The number of nitrogens with zero attached hydrogens (tertiary/aromatic N) is 2. The molecule has 0 N–H and O–H groups in total. The van der Waals surface area contributed by atoms with Crippen LogP contribution in [0.15, 0.2) is 30.6 Å². The first-order valence-electron chi connectivity index (χ1n) is 6.41. The molecule has 0 fully saturated rings. The molecule has 0 radical (unpaired) electrons. The van der Waals surface area contributed by atoms with Crippen molar-refractivity contribution >= 4 is 34.1 Å². The molecular weight excluding hydrogens is 348 g/mol.